The zero-order valence-electron chi connectivity index (χ0n) is 11.5. The SMILES string of the molecule is O=C(O)[C@@H]1CC(O)CN1C(=O)NCC1Cc2ccccc21. The number of carboxylic acids is 1. The van der Waals surface area contributed by atoms with Gasteiger partial charge >= 0.3 is 12.0 Å². The summed E-state index contributed by atoms with van der Waals surface area (Å²) in [6.45, 7) is 0.568. The number of carbonyl (C=O) groups is 2. The minimum absolute atomic E-state index is 0.0735. The van der Waals surface area contributed by atoms with Crippen molar-refractivity contribution in [3.05, 3.63) is 35.4 Å². The van der Waals surface area contributed by atoms with Crippen molar-refractivity contribution >= 4 is 12.0 Å². The number of benzene rings is 1. The molecule has 0 saturated carbocycles. The topological polar surface area (TPSA) is 89.9 Å². The molecule has 21 heavy (non-hydrogen) atoms. The first-order valence-electron chi connectivity index (χ1n) is 7.09. The lowest BCUT2D eigenvalue weighted by molar-refractivity contribution is -0.141. The van der Waals surface area contributed by atoms with Crippen LogP contribution < -0.4 is 5.32 Å². The van der Waals surface area contributed by atoms with Crippen LogP contribution in [-0.4, -0.2) is 52.3 Å². The number of carbonyl (C=O) groups excluding carboxylic acids is 1. The Morgan fingerprint density at radius 1 is 1.33 bits per heavy atom. The zero-order chi connectivity index (χ0) is 15.0. The van der Waals surface area contributed by atoms with Crippen LogP contribution >= 0.6 is 0 Å². The third kappa shape index (κ3) is 2.58. The normalized spacial score (nSPS) is 26.9. The van der Waals surface area contributed by atoms with Gasteiger partial charge in [-0.3, -0.25) is 0 Å². The molecule has 6 nitrogen and oxygen atoms in total. The molecular formula is C15H18N2O4. The number of fused-ring (bicyclic) bond motifs is 1. The molecule has 0 radical (unpaired) electrons. The van der Waals surface area contributed by atoms with Gasteiger partial charge in [0.1, 0.15) is 6.04 Å². The Bertz CT molecular complexity index is 575. The van der Waals surface area contributed by atoms with E-state index in [-0.39, 0.29) is 13.0 Å². The van der Waals surface area contributed by atoms with Gasteiger partial charge in [0.2, 0.25) is 0 Å². The smallest absolute Gasteiger partial charge is 0.326 e. The van der Waals surface area contributed by atoms with Crippen LogP contribution in [0.25, 0.3) is 0 Å². The predicted octanol–water partition coefficient (Wildman–Crippen LogP) is 0.556. The van der Waals surface area contributed by atoms with E-state index in [1.165, 1.54) is 16.0 Å². The summed E-state index contributed by atoms with van der Waals surface area (Å²) >= 11 is 0. The molecular weight excluding hydrogens is 272 g/mol. The van der Waals surface area contributed by atoms with Crippen LogP contribution in [0.5, 0.6) is 0 Å². The second-order valence-electron chi connectivity index (χ2n) is 5.68. The van der Waals surface area contributed by atoms with E-state index >= 15 is 0 Å². The quantitative estimate of drug-likeness (QED) is 0.758. The van der Waals surface area contributed by atoms with Crippen molar-refractivity contribution in [2.45, 2.75) is 30.9 Å². The van der Waals surface area contributed by atoms with Crippen LogP contribution in [0.3, 0.4) is 0 Å². The Balaban J connectivity index is 1.57. The molecule has 2 amide bonds. The number of aliphatic hydroxyl groups excluding tert-OH is 1. The number of carboxylic acid groups (broad SMARTS) is 1. The minimum Gasteiger partial charge on any atom is -0.480 e. The average Bonchev–Trinajstić information content (AvgIpc) is 2.82. The second kappa shape index (κ2) is 5.37. The fraction of sp³-hybridized carbons (Fsp3) is 0.467. The third-order valence-electron chi connectivity index (χ3n) is 4.29. The van der Waals surface area contributed by atoms with Crippen molar-refractivity contribution in [3.63, 3.8) is 0 Å². The Hall–Kier alpha value is -2.08. The molecule has 1 aliphatic heterocycles. The molecule has 0 spiro atoms. The van der Waals surface area contributed by atoms with E-state index in [4.69, 9.17) is 5.11 Å². The highest BCUT2D eigenvalue weighted by molar-refractivity contribution is 5.83. The number of urea groups is 1. The highest BCUT2D eigenvalue weighted by Crippen LogP contribution is 2.34. The second-order valence-corrected chi connectivity index (χ2v) is 5.68. The van der Waals surface area contributed by atoms with Crippen LogP contribution in [0.2, 0.25) is 0 Å². The molecule has 1 heterocycles. The molecule has 3 N–H and O–H groups in total. The molecule has 2 unspecified atom stereocenters. The van der Waals surface area contributed by atoms with Crippen LogP contribution in [0.15, 0.2) is 24.3 Å². The molecule has 6 heteroatoms. The molecule has 3 rings (SSSR count). The first-order valence-corrected chi connectivity index (χ1v) is 7.09. The molecule has 1 aromatic carbocycles. The number of likely N-dealkylation sites (tertiary alicyclic amines) is 1. The number of nitrogens with zero attached hydrogens (tertiary/aromatic N) is 1. The predicted molar refractivity (Wildman–Crippen MR) is 75.0 cm³/mol. The maximum Gasteiger partial charge on any atom is 0.326 e. The lowest BCUT2D eigenvalue weighted by atomic mass is 9.78. The maximum absolute atomic E-state index is 12.1. The molecule has 1 aromatic rings. The van der Waals surface area contributed by atoms with E-state index in [9.17, 15) is 14.7 Å². The van der Waals surface area contributed by atoms with Crippen LogP contribution in [0.1, 0.15) is 23.5 Å². The third-order valence-corrected chi connectivity index (χ3v) is 4.29. The average molecular weight is 290 g/mol. The number of aliphatic hydroxyl groups is 1. The molecule has 1 aliphatic carbocycles. The highest BCUT2D eigenvalue weighted by Gasteiger charge is 2.39. The number of aliphatic carboxylic acids is 1. The number of hydrogen-bond acceptors (Lipinski definition) is 3. The number of hydrogen-bond donors (Lipinski definition) is 3. The van der Waals surface area contributed by atoms with Gasteiger partial charge in [-0.25, -0.2) is 9.59 Å². The molecule has 1 saturated heterocycles. The number of β-amino-alcohol motifs (C(OH)–C–C–N with tert-alkyl or cyclic N) is 1. The first kappa shape index (κ1) is 13.9. The summed E-state index contributed by atoms with van der Waals surface area (Å²) < 4.78 is 0. The van der Waals surface area contributed by atoms with E-state index in [0.29, 0.717) is 12.5 Å². The van der Waals surface area contributed by atoms with Crippen molar-refractivity contribution in [1.29, 1.82) is 0 Å². The standard InChI is InChI=1S/C15H18N2O4/c18-11-6-13(14(19)20)17(8-11)15(21)16-7-10-5-9-3-1-2-4-12(9)10/h1-4,10-11,13,18H,5-8H2,(H,16,21)(H,19,20)/t10?,11?,13-/m0/s1. The summed E-state index contributed by atoms with van der Waals surface area (Å²) in [5, 5.41) is 21.4. The fourth-order valence-corrected chi connectivity index (χ4v) is 3.13. The molecule has 2 aliphatic rings. The van der Waals surface area contributed by atoms with Crippen molar-refractivity contribution in [2.24, 2.45) is 0 Å². The van der Waals surface area contributed by atoms with Crippen molar-refractivity contribution < 1.29 is 19.8 Å². The van der Waals surface area contributed by atoms with Crippen LogP contribution in [-0.2, 0) is 11.2 Å². The van der Waals surface area contributed by atoms with Gasteiger partial charge in [-0.1, -0.05) is 24.3 Å². The summed E-state index contributed by atoms with van der Waals surface area (Å²) in [5.74, 6) is -0.781. The van der Waals surface area contributed by atoms with Crippen molar-refractivity contribution in [2.75, 3.05) is 13.1 Å². The van der Waals surface area contributed by atoms with E-state index in [2.05, 4.69) is 17.4 Å². The molecule has 0 bridgehead atoms. The van der Waals surface area contributed by atoms with E-state index in [0.717, 1.165) is 6.42 Å². The Morgan fingerprint density at radius 2 is 2.10 bits per heavy atom. The minimum atomic E-state index is -1.07. The summed E-state index contributed by atoms with van der Waals surface area (Å²) in [6, 6.07) is 6.75. The van der Waals surface area contributed by atoms with Gasteiger partial charge in [-0.15, -0.1) is 0 Å². The number of amides is 2. The zero-order valence-corrected chi connectivity index (χ0v) is 11.5. The summed E-state index contributed by atoms with van der Waals surface area (Å²) in [5.41, 5.74) is 2.55. The van der Waals surface area contributed by atoms with Gasteiger partial charge < -0.3 is 20.4 Å². The van der Waals surface area contributed by atoms with E-state index in [1.54, 1.807) is 0 Å². The largest absolute Gasteiger partial charge is 0.480 e. The van der Waals surface area contributed by atoms with Crippen LogP contribution in [0, 0.1) is 0 Å². The Kier molecular flexibility index (Phi) is 3.55. The van der Waals surface area contributed by atoms with E-state index in [1.807, 2.05) is 12.1 Å². The lowest BCUT2D eigenvalue weighted by Crippen LogP contribution is -2.47. The van der Waals surface area contributed by atoms with Gasteiger partial charge in [0.05, 0.1) is 6.10 Å². The Morgan fingerprint density at radius 3 is 2.81 bits per heavy atom. The van der Waals surface area contributed by atoms with Crippen molar-refractivity contribution in [3.8, 4) is 0 Å². The summed E-state index contributed by atoms with van der Waals surface area (Å²) in [4.78, 5) is 24.4. The summed E-state index contributed by atoms with van der Waals surface area (Å²) in [7, 11) is 0. The molecule has 0 aromatic heterocycles. The van der Waals surface area contributed by atoms with Gasteiger partial charge in [0, 0.05) is 25.4 Å². The fourth-order valence-electron chi connectivity index (χ4n) is 3.13. The maximum atomic E-state index is 12.1. The van der Waals surface area contributed by atoms with Gasteiger partial charge in [0.15, 0.2) is 0 Å². The van der Waals surface area contributed by atoms with Gasteiger partial charge in [-0.2, -0.15) is 0 Å². The number of nitrogens with one attached hydrogen (secondary N) is 1. The van der Waals surface area contributed by atoms with Gasteiger partial charge in [-0.05, 0) is 17.5 Å². The van der Waals surface area contributed by atoms with Gasteiger partial charge in [0.25, 0.3) is 0 Å². The summed E-state index contributed by atoms with van der Waals surface area (Å²) in [6.07, 6.45) is 0.262. The monoisotopic (exact) mass is 290 g/mol. The highest BCUT2D eigenvalue weighted by atomic mass is 16.4. The Labute approximate surface area is 122 Å². The lowest BCUT2D eigenvalue weighted by Gasteiger charge is -2.31. The molecule has 3 atom stereocenters. The number of rotatable bonds is 3. The van der Waals surface area contributed by atoms with Crippen LogP contribution in [0.4, 0.5) is 4.79 Å². The molecule has 1 fully saturated rings. The first-order chi connectivity index (χ1) is 10.1. The van der Waals surface area contributed by atoms with E-state index < -0.39 is 24.1 Å². The molecule has 112 valence electrons. The van der Waals surface area contributed by atoms with Crippen molar-refractivity contribution in [1.82, 2.24) is 10.2 Å².